The number of anilines is 1. The summed E-state index contributed by atoms with van der Waals surface area (Å²) in [6, 6.07) is 49.2. The van der Waals surface area contributed by atoms with E-state index in [9.17, 15) is 9.90 Å². The Morgan fingerprint density at radius 1 is 0.806 bits per heavy atom. The van der Waals surface area contributed by atoms with E-state index in [1.54, 1.807) is 13.2 Å². The van der Waals surface area contributed by atoms with Gasteiger partial charge in [-0.1, -0.05) is 133 Å². The second kappa shape index (κ2) is 19.1. The Morgan fingerprint density at radius 2 is 1.44 bits per heavy atom. The van der Waals surface area contributed by atoms with E-state index in [1.165, 1.54) is 4.90 Å². The summed E-state index contributed by atoms with van der Waals surface area (Å²) >= 11 is 0. The van der Waals surface area contributed by atoms with Gasteiger partial charge >= 0.3 is 12.1 Å². The lowest BCUT2D eigenvalue weighted by molar-refractivity contribution is 0.0682. The van der Waals surface area contributed by atoms with Crippen molar-refractivity contribution in [1.82, 2.24) is 24.6 Å². The van der Waals surface area contributed by atoms with Crippen molar-refractivity contribution in [1.29, 1.82) is 0 Å². The van der Waals surface area contributed by atoms with Gasteiger partial charge in [-0.15, -0.1) is 0 Å². The van der Waals surface area contributed by atoms with Crippen molar-refractivity contribution < 1.29 is 28.5 Å². The summed E-state index contributed by atoms with van der Waals surface area (Å²) in [6.07, 6.45) is 2.79. The monoisotopic (exact) mass is 960 g/mol. The molecule has 3 heterocycles. The predicted octanol–water partition coefficient (Wildman–Crippen LogP) is 12.7. The standard InChI is InChI=1S/C60H57FN6O5/c1-37(70-5)36-71-58-62-55-49(57(63-58)65(4)45-30-31-66(34-45)59(68)69)32-48(41-28-29-41)54(56(55)72-39(3)46-27-17-19-40-18-15-16-26-47(40)46)53-38(2)51(61)33-52-50(53)35-67(64-52)60(42-20-9-6-10-21-42,43-22-11-7-12-23-43)44-24-13-8-14-25-44/h6-27,32-33,35,37,39,41,45H,28-31,34,36H2,1-5H3,(H,68,69)/t37-,39-,45-/m0/s1. The summed E-state index contributed by atoms with van der Waals surface area (Å²) in [5.41, 5.74) is 6.80. The van der Waals surface area contributed by atoms with Gasteiger partial charge in [0.05, 0.1) is 11.6 Å². The van der Waals surface area contributed by atoms with E-state index in [0.717, 1.165) is 67.8 Å². The van der Waals surface area contributed by atoms with Gasteiger partial charge in [0.25, 0.3) is 0 Å². The number of likely N-dealkylation sites (N-methyl/N-ethyl adjacent to an activating group) is 1. The molecule has 364 valence electrons. The molecule has 1 amide bonds. The van der Waals surface area contributed by atoms with Crippen LogP contribution in [0, 0.1) is 12.7 Å². The molecule has 11 rings (SSSR count). The largest absolute Gasteiger partial charge is 0.483 e. The first kappa shape index (κ1) is 46.5. The first-order valence-electron chi connectivity index (χ1n) is 24.8. The number of likely N-dealkylation sites (tertiary alicyclic amines) is 1. The Bertz CT molecular complexity index is 3360. The number of fused-ring (bicyclic) bond motifs is 3. The van der Waals surface area contributed by atoms with Crippen LogP contribution in [0.2, 0.25) is 0 Å². The average Bonchev–Trinajstić information content (AvgIpc) is 3.98. The van der Waals surface area contributed by atoms with Gasteiger partial charge < -0.3 is 29.1 Å². The third-order valence-electron chi connectivity index (χ3n) is 14.9. The molecule has 1 aliphatic heterocycles. The van der Waals surface area contributed by atoms with Crippen molar-refractivity contribution in [3.8, 4) is 22.9 Å². The third kappa shape index (κ3) is 8.23. The number of ether oxygens (including phenoxy) is 3. The van der Waals surface area contributed by atoms with Gasteiger partial charge in [-0.3, -0.25) is 4.68 Å². The molecule has 0 radical (unpaired) electrons. The smallest absolute Gasteiger partial charge is 0.407 e. The summed E-state index contributed by atoms with van der Waals surface area (Å²) in [5.74, 6) is 0.779. The van der Waals surface area contributed by atoms with E-state index in [2.05, 4.69) is 77.8 Å². The zero-order valence-electron chi connectivity index (χ0n) is 41.1. The minimum Gasteiger partial charge on any atom is -0.483 e. The number of nitrogens with zero attached hydrogens (tertiary/aromatic N) is 6. The lowest BCUT2D eigenvalue weighted by atomic mass is 9.77. The quantitative estimate of drug-likeness (QED) is 0.100. The highest BCUT2D eigenvalue weighted by Gasteiger charge is 2.41. The van der Waals surface area contributed by atoms with E-state index >= 15 is 4.39 Å². The first-order chi connectivity index (χ1) is 35.0. The number of aromatic nitrogens is 4. The van der Waals surface area contributed by atoms with E-state index in [1.807, 2.05) is 105 Å². The number of amides is 1. The van der Waals surface area contributed by atoms with Crippen molar-refractivity contribution in [2.75, 3.05) is 38.8 Å². The molecule has 0 unspecified atom stereocenters. The van der Waals surface area contributed by atoms with Gasteiger partial charge in [0.1, 0.15) is 35.4 Å². The summed E-state index contributed by atoms with van der Waals surface area (Å²) < 4.78 is 38.8. The van der Waals surface area contributed by atoms with Crippen molar-refractivity contribution >= 4 is 44.5 Å². The molecule has 3 atom stereocenters. The second-order valence-corrected chi connectivity index (χ2v) is 19.3. The molecule has 12 heteroatoms. The van der Waals surface area contributed by atoms with E-state index in [0.29, 0.717) is 53.2 Å². The van der Waals surface area contributed by atoms with Crippen LogP contribution in [0.5, 0.6) is 11.8 Å². The molecule has 2 aliphatic rings. The fourth-order valence-corrected chi connectivity index (χ4v) is 10.8. The molecule has 0 bridgehead atoms. The molecule has 2 fully saturated rings. The second-order valence-electron chi connectivity index (χ2n) is 19.3. The van der Waals surface area contributed by atoms with Crippen LogP contribution in [0.25, 0.3) is 43.7 Å². The lowest BCUT2D eigenvalue weighted by Crippen LogP contribution is -2.38. The van der Waals surface area contributed by atoms with Crippen LogP contribution >= 0.6 is 0 Å². The molecule has 7 aromatic carbocycles. The van der Waals surface area contributed by atoms with Gasteiger partial charge in [-0.05, 0) is 96.2 Å². The van der Waals surface area contributed by atoms with Crippen molar-refractivity contribution in [2.24, 2.45) is 0 Å². The highest BCUT2D eigenvalue weighted by atomic mass is 19.1. The summed E-state index contributed by atoms with van der Waals surface area (Å²) in [7, 11) is 3.58. The fourth-order valence-electron chi connectivity index (χ4n) is 10.8. The van der Waals surface area contributed by atoms with Gasteiger partial charge in [0.2, 0.25) is 0 Å². The van der Waals surface area contributed by atoms with Gasteiger partial charge in [-0.2, -0.15) is 15.1 Å². The van der Waals surface area contributed by atoms with Crippen molar-refractivity contribution in [3.05, 3.63) is 191 Å². The Labute approximate surface area is 418 Å². The summed E-state index contributed by atoms with van der Waals surface area (Å²) in [5, 5.41) is 19.0. The maximum atomic E-state index is 17.3. The normalized spacial score (nSPS) is 15.8. The highest BCUT2D eigenvalue weighted by molar-refractivity contribution is 6.06. The van der Waals surface area contributed by atoms with E-state index in [-0.39, 0.29) is 30.7 Å². The molecule has 1 saturated carbocycles. The molecular weight excluding hydrogens is 904 g/mol. The number of methoxy groups -OCH3 is 1. The van der Waals surface area contributed by atoms with Gasteiger partial charge in [0, 0.05) is 67.5 Å². The summed E-state index contributed by atoms with van der Waals surface area (Å²) in [6.45, 7) is 6.68. The Hall–Kier alpha value is -7.83. The number of carboxylic acid groups (broad SMARTS) is 1. The average molecular weight is 961 g/mol. The Balaban J connectivity index is 1.22. The minimum atomic E-state index is -0.968. The topological polar surface area (TPSA) is 115 Å². The van der Waals surface area contributed by atoms with Gasteiger partial charge in [-0.25, -0.2) is 9.18 Å². The maximum Gasteiger partial charge on any atom is 0.407 e. The van der Waals surface area contributed by atoms with E-state index < -0.39 is 23.6 Å². The molecule has 1 saturated heterocycles. The molecule has 1 N–H and O–H groups in total. The molecule has 11 nitrogen and oxygen atoms in total. The van der Waals surface area contributed by atoms with Crippen molar-refractivity contribution in [2.45, 2.75) is 69.7 Å². The molecule has 0 spiro atoms. The number of hydrogen-bond acceptors (Lipinski definition) is 8. The van der Waals surface area contributed by atoms with Crippen LogP contribution in [0.3, 0.4) is 0 Å². The summed E-state index contributed by atoms with van der Waals surface area (Å²) in [4.78, 5) is 26.1. The molecule has 9 aromatic rings. The molecule has 72 heavy (non-hydrogen) atoms. The SMILES string of the molecule is CO[C@@H](C)COc1nc(N(C)[C@H]2CCN(C(=O)O)C2)c2cc(C3CC3)c(-c3c(C)c(F)cc4nn(C(c5ccccc5)(c5ccccc5)c5ccccc5)cc34)c(O[C@@H](C)c3cccc4ccccc34)c2n1. The molecular formula is C60H57FN6O5. The number of rotatable bonds is 15. The van der Waals surface area contributed by atoms with Crippen LogP contribution in [0.4, 0.5) is 15.0 Å². The lowest BCUT2D eigenvalue weighted by Gasteiger charge is -2.36. The highest BCUT2D eigenvalue weighted by Crippen LogP contribution is 2.54. The van der Waals surface area contributed by atoms with Crippen LogP contribution in [-0.4, -0.2) is 81.8 Å². The first-order valence-corrected chi connectivity index (χ1v) is 24.8. The van der Waals surface area contributed by atoms with Crippen LogP contribution in [0.1, 0.15) is 78.5 Å². The van der Waals surface area contributed by atoms with Crippen LogP contribution < -0.4 is 14.4 Å². The van der Waals surface area contributed by atoms with Crippen LogP contribution in [-0.2, 0) is 10.3 Å². The predicted molar refractivity (Wildman–Crippen MR) is 281 cm³/mol. The molecule has 1 aliphatic carbocycles. The fraction of sp³-hybridized carbons (Fsp3) is 0.267. The van der Waals surface area contributed by atoms with Crippen molar-refractivity contribution in [3.63, 3.8) is 0 Å². The number of carbonyl (C=O) groups is 1. The number of hydrogen-bond donors (Lipinski definition) is 1. The maximum absolute atomic E-state index is 17.3. The molecule has 2 aromatic heterocycles. The van der Waals surface area contributed by atoms with Gasteiger partial charge in [0.15, 0.2) is 5.75 Å². The third-order valence-corrected chi connectivity index (χ3v) is 14.9. The Kier molecular flexibility index (Phi) is 12.3. The Morgan fingerprint density at radius 3 is 2.07 bits per heavy atom. The zero-order chi connectivity index (χ0) is 49.7. The number of halogens is 1. The zero-order valence-corrected chi connectivity index (χ0v) is 41.1. The number of benzene rings is 7. The van der Waals surface area contributed by atoms with E-state index in [4.69, 9.17) is 29.3 Å². The van der Waals surface area contributed by atoms with Crippen LogP contribution in [0.15, 0.2) is 152 Å². The minimum absolute atomic E-state index is 0.112.